The largest absolute Gasteiger partial charge is 0.507 e. The Morgan fingerprint density at radius 1 is 1.54 bits per heavy atom. The van der Waals surface area contributed by atoms with Crippen molar-refractivity contribution in [2.45, 2.75) is 13.2 Å². The van der Waals surface area contributed by atoms with Gasteiger partial charge in [-0.25, -0.2) is 4.79 Å². The van der Waals surface area contributed by atoms with Crippen LogP contribution in [0.3, 0.4) is 0 Å². The van der Waals surface area contributed by atoms with Gasteiger partial charge in [0.05, 0.1) is 0 Å². The molecule has 1 unspecified atom stereocenters. The zero-order valence-electron chi connectivity index (χ0n) is 7.23. The molecule has 0 saturated heterocycles. The predicted molar refractivity (Wildman–Crippen MR) is 47.2 cm³/mol. The van der Waals surface area contributed by atoms with Gasteiger partial charge in [-0.15, -0.1) is 0 Å². The Labute approximate surface area is 75.9 Å². The normalized spacial score (nSPS) is 12.2. The Hall–Kier alpha value is -1.55. The first kappa shape index (κ1) is 9.54. The number of benzene rings is 1. The number of ether oxygens (including phenoxy) is 1. The van der Waals surface area contributed by atoms with Gasteiger partial charge in [-0.05, 0) is 19.1 Å². The third-order valence-corrected chi connectivity index (χ3v) is 1.42. The molecule has 0 spiro atoms. The van der Waals surface area contributed by atoms with Crippen molar-refractivity contribution in [3.05, 3.63) is 29.8 Å². The molecule has 70 valence electrons. The van der Waals surface area contributed by atoms with E-state index in [1.807, 2.05) is 0 Å². The molecular formula is C9H11NO3. The first-order chi connectivity index (χ1) is 6.11. The molecule has 1 aromatic carbocycles. The minimum atomic E-state index is -0.674. The van der Waals surface area contributed by atoms with E-state index in [0.717, 1.165) is 0 Å². The van der Waals surface area contributed by atoms with Crippen molar-refractivity contribution in [1.29, 1.82) is 0 Å². The highest BCUT2D eigenvalue weighted by Gasteiger charge is 2.12. The zero-order chi connectivity index (χ0) is 9.84. The highest BCUT2D eigenvalue weighted by molar-refractivity contribution is 5.92. The fraction of sp³-hybridized carbons (Fsp3) is 0.222. The highest BCUT2D eigenvalue weighted by Crippen LogP contribution is 2.16. The van der Waals surface area contributed by atoms with Gasteiger partial charge in [0.1, 0.15) is 17.5 Å². The van der Waals surface area contributed by atoms with Gasteiger partial charge >= 0.3 is 5.97 Å². The molecule has 1 aromatic rings. The van der Waals surface area contributed by atoms with Crippen molar-refractivity contribution in [2.75, 3.05) is 0 Å². The molecular weight excluding hydrogens is 170 g/mol. The van der Waals surface area contributed by atoms with Crippen molar-refractivity contribution in [3.8, 4) is 5.75 Å². The van der Waals surface area contributed by atoms with E-state index in [9.17, 15) is 9.90 Å². The van der Waals surface area contributed by atoms with Crippen LogP contribution in [0.25, 0.3) is 0 Å². The van der Waals surface area contributed by atoms with E-state index in [1.165, 1.54) is 19.1 Å². The van der Waals surface area contributed by atoms with Crippen LogP contribution in [0, 0.1) is 0 Å². The van der Waals surface area contributed by atoms with Gasteiger partial charge in [0, 0.05) is 0 Å². The summed E-state index contributed by atoms with van der Waals surface area (Å²) in [6.07, 6.45) is -0.674. The van der Waals surface area contributed by atoms with Gasteiger partial charge in [-0.1, -0.05) is 12.1 Å². The van der Waals surface area contributed by atoms with Crippen molar-refractivity contribution < 1.29 is 14.6 Å². The van der Waals surface area contributed by atoms with Crippen LogP contribution in [0.5, 0.6) is 5.75 Å². The number of rotatable bonds is 2. The number of nitrogens with two attached hydrogens (primary N) is 1. The fourth-order valence-electron chi connectivity index (χ4n) is 0.879. The van der Waals surface area contributed by atoms with Gasteiger partial charge in [0.25, 0.3) is 0 Å². The second kappa shape index (κ2) is 3.91. The predicted octanol–water partition coefficient (Wildman–Crippen LogP) is 0.854. The molecule has 0 heterocycles. The third kappa shape index (κ3) is 2.45. The maximum absolute atomic E-state index is 11.2. The fourth-order valence-corrected chi connectivity index (χ4v) is 0.879. The van der Waals surface area contributed by atoms with E-state index in [4.69, 9.17) is 10.5 Å². The average molecular weight is 181 g/mol. The molecule has 1 rings (SSSR count). The smallest absolute Gasteiger partial charge is 0.343 e. The van der Waals surface area contributed by atoms with E-state index < -0.39 is 12.2 Å². The Balaban J connectivity index is 2.83. The molecule has 0 bridgehead atoms. The number of carbonyl (C=O) groups is 1. The Morgan fingerprint density at radius 2 is 2.15 bits per heavy atom. The summed E-state index contributed by atoms with van der Waals surface area (Å²) >= 11 is 0. The quantitative estimate of drug-likeness (QED) is 0.524. The lowest BCUT2D eigenvalue weighted by Gasteiger charge is -2.08. The van der Waals surface area contributed by atoms with Crippen molar-refractivity contribution in [2.24, 2.45) is 5.73 Å². The molecule has 0 radical (unpaired) electrons. The van der Waals surface area contributed by atoms with Crippen LogP contribution in [0.1, 0.15) is 17.3 Å². The lowest BCUT2D eigenvalue weighted by atomic mass is 10.2. The number of phenolic OH excluding ortho intramolecular Hbond substituents is 1. The highest BCUT2D eigenvalue weighted by atomic mass is 16.6. The molecule has 0 aliphatic rings. The molecule has 4 nitrogen and oxygen atoms in total. The lowest BCUT2D eigenvalue weighted by molar-refractivity contribution is 0.0352. The minimum absolute atomic E-state index is 0.104. The minimum Gasteiger partial charge on any atom is -0.507 e. The van der Waals surface area contributed by atoms with Gasteiger partial charge in [-0.2, -0.15) is 0 Å². The molecule has 0 fully saturated rings. The van der Waals surface area contributed by atoms with Crippen LogP contribution in [0.15, 0.2) is 24.3 Å². The number of phenols is 1. The van der Waals surface area contributed by atoms with E-state index in [2.05, 4.69) is 0 Å². The summed E-state index contributed by atoms with van der Waals surface area (Å²) in [5.74, 6) is -0.721. The van der Waals surface area contributed by atoms with Crippen LogP contribution in [-0.4, -0.2) is 17.3 Å². The van der Waals surface area contributed by atoms with Crippen LogP contribution < -0.4 is 5.73 Å². The van der Waals surface area contributed by atoms with Crippen LogP contribution in [-0.2, 0) is 4.74 Å². The molecule has 0 aliphatic carbocycles. The summed E-state index contributed by atoms with van der Waals surface area (Å²) in [4.78, 5) is 11.2. The number of hydrogen-bond donors (Lipinski definition) is 2. The Kier molecular flexibility index (Phi) is 2.87. The third-order valence-electron chi connectivity index (χ3n) is 1.42. The molecule has 3 N–H and O–H groups in total. The number of carbonyl (C=O) groups excluding carboxylic acids is 1. The standard InChI is InChI=1S/C9H11NO3/c1-6(10)13-9(12)7-4-2-3-5-8(7)11/h2-6,11H,10H2,1H3. The summed E-state index contributed by atoms with van der Waals surface area (Å²) in [7, 11) is 0. The monoisotopic (exact) mass is 181 g/mol. The summed E-state index contributed by atoms with van der Waals surface area (Å²) in [6.45, 7) is 1.54. The second-order valence-corrected chi connectivity index (χ2v) is 2.63. The number of para-hydroxylation sites is 1. The first-order valence-corrected chi connectivity index (χ1v) is 3.86. The SMILES string of the molecule is CC(N)OC(=O)c1ccccc1O. The molecule has 4 heteroatoms. The van der Waals surface area contributed by atoms with Gasteiger partial charge < -0.3 is 9.84 Å². The molecule has 1 atom stereocenters. The van der Waals surface area contributed by atoms with Gasteiger partial charge in [0.15, 0.2) is 0 Å². The maximum Gasteiger partial charge on any atom is 0.343 e. The summed E-state index contributed by atoms with van der Waals surface area (Å²) < 4.78 is 4.70. The summed E-state index contributed by atoms with van der Waals surface area (Å²) in [6, 6.07) is 6.15. The molecule has 13 heavy (non-hydrogen) atoms. The lowest BCUT2D eigenvalue weighted by Crippen LogP contribution is -2.23. The van der Waals surface area contributed by atoms with Crippen molar-refractivity contribution in [1.82, 2.24) is 0 Å². The first-order valence-electron chi connectivity index (χ1n) is 3.86. The summed E-state index contributed by atoms with van der Waals surface area (Å²) in [5, 5.41) is 9.25. The van der Waals surface area contributed by atoms with Crippen molar-refractivity contribution >= 4 is 5.97 Å². The Morgan fingerprint density at radius 3 is 2.69 bits per heavy atom. The Bertz CT molecular complexity index is 309. The zero-order valence-corrected chi connectivity index (χ0v) is 7.23. The van der Waals surface area contributed by atoms with E-state index in [-0.39, 0.29) is 11.3 Å². The average Bonchev–Trinajstić information content (AvgIpc) is 2.03. The molecule has 0 saturated carbocycles. The van der Waals surface area contributed by atoms with Crippen molar-refractivity contribution in [3.63, 3.8) is 0 Å². The van der Waals surface area contributed by atoms with E-state index in [0.29, 0.717) is 0 Å². The van der Waals surface area contributed by atoms with Crippen LogP contribution in [0.2, 0.25) is 0 Å². The number of aromatic hydroxyl groups is 1. The molecule has 0 amide bonds. The number of hydrogen-bond acceptors (Lipinski definition) is 4. The topological polar surface area (TPSA) is 72.5 Å². The maximum atomic E-state index is 11.2. The second-order valence-electron chi connectivity index (χ2n) is 2.63. The van der Waals surface area contributed by atoms with Crippen LogP contribution >= 0.6 is 0 Å². The molecule has 0 aromatic heterocycles. The number of esters is 1. The van der Waals surface area contributed by atoms with Crippen LogP contribution in [0.4, 0.5) is 0 Å². The van der Waals surface area contributed by atoms with E-state index in [1.54, 1.807) is 12.1 Å². The van der Waals surface area contributed by atoms with Gasteiger partial charge in [0.2, 0.25) is 0 Å². The van der Waals surface area contributed by atoms with Gasteiger partial charge in [-0.3, -0.25) is 5.73 Å². The summed E-state index contributed by atoms with van der Waals surface area (Å²) in [5.41, 5.74) is 5.38. The molecule has 0 aliphatic heterocycles. The van der Waals surface area contributed by atoms with E-state index >= 15 is 0 Å².